The number of aliphatic carboxylic acids is 1. The van der Waals surface area contributed by atoms with Gasteiger partial charge >= 0.3 is 5.97 Å². The second-order valence-electron chi connectivity index (χ2n) is 5.77. The number of aromatic nitrogens is 1. The van der Waals surface area contributed by atoms with Crippen LogP contribution >= 0.6 is 11.3 Å². The maximum atomic E-state index is 13.0. The van der Waals surface area contributed by atoms with Gasteiger partial charge < -0.3 is 14.4 Å². The smallest absolute Gasteiger partial charge is 0.326 e. The third kappa shape index (κ3) is 2.72. The van der Waals surface area contributed by atoms with Crippen LogP contribution in [-0.4, -0.2) is 32.9 Å². The topological polar surface area (TPSA) is 83.6 Å². The summed E-state index contributed by atoms with van der Waals surface area (Å²) in [6.07, 6.45) is 1.50. The maximum Gasteiger partial charge on any atom is 0.326 e. The largest absolute Gasteiger partial charge is 0.480 e. The molecule has 1 amide bonds. The van der Waals surface area contributed by atoms with Gasteiger partial charge in [0.25, 0.3) is 5.91 Å². The van der Waals surface area contributed by atoms with E-state index in [1.54, 1.807) is 0 Å². The van der Waals surface area contributed by atoms with Crippen molar-refractivity contribution in [2.75, 3.05) is 0 Å². The Hall–Kier alpha value is -2.93. The Morgan fingerprint density at radius 3 is 2.72 bits per heavy atom. The predicted molar refractivity (Wildman–Crippen MR) is 91.3 cm³/mol. The fourth-order valence-electron chi connectivity index (χ4n) is 3.07. The third-order valence-electron chi connectivity index (χ3n) is 4.31. The van der Waals surface area contributed by atoms with Crippen LogP contribution in [0.5, 0.6) is 0 Å². The number of carbonyl (C=O) groups excluding carboxylic acids is 1. The van der Waals surface area contributed by atoms with Crippen molar-refractivity contribution in [1.29, 1.82) is 0 Å². The molecular weight excluding hydrogens is 340 g/mol. The molecule has 0 fully saturated rings. The van der Waals surface area contributed by atoms with Crippen LogP contribution in [-0.2, 0) is 17.8 Å². The Kier molecular flexibility index (Phi) is 3.85. The van der Waals surface area contributed by atoms with Gasteiger partial charge in [-0.05, 0) is 22.6 Å². The van der Waals surface area contributed by atoms with E-state index in [0.29, 0.717) is 5.76 Å². The number of thiophene rings is 1. The Morgan fingerprint density at radius 1 is 1.20 bits per heavy atom. The van der Waals surface area contributed by atoms with Gasteiger partial charge in [-0.3, -0.25) is 4.79 Å². The number of rotatable bonds is 3. The van der Waals surface area contributed by atoms with Crippen molar-refractivity contribution >= 4 is 23.2 Å². The van der Waals surface area contributed by atoms with Crippen LogP contribution < -0.4 is 0 Å². The molecule has 2 aromatic heterocycles. The van der Waals surface area contributed by atoms with E-state index in [-0.39, 0.29) is 18.7 Å². The summed E-state index contributed by atoms with van der Waals surface area (Å²) in [5, 5.41) is 11.5. The lowest BCUT2D eigenvalue weighted by Gasteiger charge is -2.34. The number of amides is 1. The third-order valence-corrected chi connectivity index (χ3v) is 5.18. The highest BCUT2D eigenvalue weighted by molar-refractivity contribution is 7.13. The number of hydrogen-bond donors (Lipinski definition) is 1. The van der Waals surface area contributed by atoms with Crippen molar-refractivity contribution in [2.24, 2.45) is 0 Å². The summed E-state index contributed by atoms with van der Waals surface area (Å²) in [5.41, 5.74) is 2.06. The van der Waals surface area contributed by atoms with E-state index in [9.17, 15) is 14.7 Å². The van der Waals surface area contributed by atoms with Gasteiger partial charge in [0.15, 0.2) is 17.8 Å². The quantitative estimate of drug-likeness (QED) is 0.781. The number of carboxylic acid groups (broad SMARTS) is 1. The molecule has 0 unspecified atom stereocenters. The summed E-state index contributed by atoms with van der Waals surface area (Å²) in [7, 11) is 0. The van der Waals surface area contributed by atoms with Crippen LogP contribution in [0.15, 0.2) is 52.6 Å². The van der Waals surface area contributed by atoms with Crippen LogP contribution in [0.2, 0.25) is 0 Å². The fraction of sp³-hybridized carbons (Fsp3) is 0.167. The van der Waals surface area contributed by atoms with E-state index in [1.165, 1.54) is 22.6 Å². The second-order valence-corrected chi connectivity index (χ2v) is 6.72. The number of hydrogen-bond acceptors (Lipinski definition) is 5. The van der Waals surface area contributed by atoms with Crippen LogP contribution in [0.4, 0.5) is 0 Å². The number of carboxylic acids is 1. The summed E-state index contributed by atoms with van der Waals surface area (Å²) in [6.45, 7) is 0.239. The minimum atomic E-state index is -1.02. The Bertz CT molecular complexity index is 932. The normalized spacial score (nSPS) is 16.5. The molecule has 1 aliphatic rings. The van der Waals surface area contributed by atoms with E-state index in [0.717, 1.165) is 16.0 Å². The van der Waals surface area contributed by atoms with E-state index >= 15 is 0 Å². The number of carbonyl (C=O) groups is 2. The molecule has 1 aromatic carbocycles. The summed E-state index contributed by atoms with van der Waals surface area (Å²) in [4.78, 5) is 31.0. The van der Waals surface area contributed by atoms with Crippen molar-refractivity contribution in [2.45, 2.75) is 19.0 Å². The fourth-order valence-corrected chi connectivity index (χ4v) is 3.79. The van der Waals surface area contributed by atoms with Crippen LogP contribution in [0.3, 0.4) is 0 Å². The van der Waals surface area contributed by atoms with Crippen molar-refractivity contribution in [3.05, 3.63) is 65.0 Å². The minimum absolute atomic E-state index is 0.146. The van der Waals surface area contributed by atoms with Crippen LogP contribution in [0.1, 0.15) is 21.6 Å². The Morgan fingerprint density at radius 2 is 2.00 bits per heavy atom. The molecule has 0 aliphatic carbocycles. The molecule has 1 atom stereocenters. The van der Waals surface area contributed by atoms with Gasteiger partial charge in [-0.15, -0.1) is 11.3 Å². The van der Waals surface area contributed by atoms with Crippen molar-refractivity contribution in [1.82, 2.24) is 9.88 Å². The lowest BCUT2D eigenvalue weighted by Crippen LogP contribution is -2.48. The average Bonchev–Trinajstić information content (AvgIpc) is 3.30. The monoisotopic (exact) mass is 354 g/mol. The lowest BCUT2D eigenvalue weighted by atomic mass is 9.93. The molecule has 1 N–H and O–H groups in total. The summed E-state index contributed by atoms with van der Waals surface area (Å²) >= 11 is 1.43. The predicted octanol–water partition coefficient (Wildman–Crippen LogP) is 3.05. The molecule has 0 radical (unpaired) electrons. The van der Waals surface area contributed by atoms with Gasteiger partial charge in [0, 0.05) is 13.0 Å². The molecule has 0 saturated heterocycles. The highest BCUT2D eigenvalue weighted by Crippen LogP contribution is 2.31. The van der Waals surface area contributed by atoms with E-state index < -0.39 is 17.9 Å². The number of fused-ring (bicyclic) bond motifs is 1. The summed E-state index contributed by atoms with van der Waals surface area (Å²) in [6, 6.07) is 10.3. The first kappa shape index (κ1) is 15.6. The highest BCUT2D eigenvalue weighted by atomic mass is 32.1. The summed E-state index contributed by atoms with van der Waals surface area (Å²) < 4.78 is 5.39. The van der Waals surface area contributed by atoms with Crippen LogP contribution in [0.25, 0.3) is 10.6 Å². The maximum absolute atomic E-state index is 13.0. The molecule has 7 heteroatoms. The molecule has 25 heavy (non-hydrogen) atoms. The van der Waals surface area contributed by atoms with Gasteiger partial charge in [0.05, 0.1) is 4.88 Å². The Labute approximate surface area is 147 Å². The van der Waals surface area contributed by atoms with E-state index in [2.05, 4.69) is 4.98 Å². The van der Waals surface area contributed by atoms with Crippen molar-refractivity contribution in [3.63, 3.8) is 0 Å². The molecule has 0 bridgehead atoms. The first-order chi connectivity index (χ1) is 12.1. The Balaban J connectivity index is 1.72. The van der Waals surface area contributed by atoms with Gasteiger partial charge in [0.1, 0.15) is 6.04 Å². The minimum Gasteiger partial charge on any atom is -0.480 e. The molecule has 3 aromatic rings. The molecule has 0 saturated carbocycles. The summed E-state index contributed by atoms with van der Waals surface area (Å²) in [5.74, 6) is -1.08. The molecule has 0 spiro atoms. The number of oxazole rings is 1. The first-order valence-corrected chi connectivity index (χ1v) is 8.61. The first-order valence-electron chi connectivity index (χ1n) is 7.73. The number of benzene rings is 1. The number of nitrogens with zero attached hydrogens (tertiary/aromatic N) is 2. The zero-order valence-corrected chi connectivity index (χ0v) is 13.9. The van der Waals surface area contributed by atoms with Crippen LogP contribution in [0, 0.1) is 0 Å². The molecule has 126 valence electrons. The molecular formula is C18H14N2O4S. The van der Waals surface area contributed by atoms with Gasteiger partial charge in [-0.2, -0.15) is 0 Å². The molecule has 6 nitrogen and oxygen atoms in total. The molecule has 3 heterocycles. The molecule has 4 rings (SSSR count). The zero-order valence-electron chi connectivity index (χ0n) is 13.1. The van der Waals surface area contributed by atoms with Gasteiger partial charge in [-0.25, -0.2) is 9.78 Å². The van der Waals surface area contributed by atoms with Crippen molar-refractivity contribution < 1.29 is 19.1 Å². The SMILES string of the molecule is O=C(O)[C@H]1Cc2ccccc2CN1C(=O)c1ncoc1-c1cccs1. The van der Waals surface area contributed by atoms with E-state index in [1.807, 2.05) is 41.8 Å². The average molecular weight is 354 g/mol. The highest BCUT2D eigenvalue weighted by Gasteiger charge is 2.37. The van der Waals surface area contributed by atoms with Gasteiger partial charge in [-0.1, -0.05) is 30.3 Å². The zero-order chi connectivity index (χ0) is 17.4. The molecule has 1 aliphatic heterocycles. The second kappa shape index (κ2) is 6.18. The van der Waals surface area contributed by atoms with Crippen molar-refractivity contribution in [3.8, 4) is 10.6 Å². The lowest BCUT2D eigenvalue weighted by molar-refractivity contribution is -0.142. The van der Waals surface area contributed by atoms with Gasteiger partial charge in [0.2, 0.25) is 0 Å². The van der Waals surface area contributed by atoms with E-state index in [4.69, 9.17) is 4.42 Å². The standard InChI is InChI=1S/C18H14N2O4S/c21-17(15-16(24-10-19-15)14-6-3-7-25-14)20-9-12-5-2-1-4-11(12)8-13(20)18(22)23/h1-7,10,13H,8-9H2,(H,22,23)/t13-/m1/s1.